The van der Waals surface area contributed by atoms with E-state index in [-0.39, 0.29) is 18.4 Å². The van der Waals surface area contributed by atoms with Gasteiger partial charge in [-0.3, -0.25) is 14.7 Å². The van der Waals surface area contributed by atoms with Crippen LogP contribution in [0.4, 0.5) is 4.79 Å². The largest absolute Gasteiger partial charge is 0.334 e. The van der Waals surface area contributed by atoms with E-state index in [2.05, 4.69) is 46.0 Å². The van der Waals surface area contributed by atoms with Gasteiger partial charge < -0.3 is 5.32 Å². The molecular weight excluding hydrogens is 422 g/mol. The van der Waals surface area contributed by atoms with E-state index in [0.29, 0.717) is 17.3 Å². The zero-order valence-electron chi connectivity index (χ0n) is 16.3. The summed E-state index contributed by atoms with van der Waals surface area (Å²) in [6.07, 6.45) is 0.588. The number of amides is 3. The number of nitrogens with zero attached hydrogens (tertiary/aromatic N) is 3. The number of carbonyl (C=O) groups is 2. The van der Waals surface area contributed by atoms with E-state index in [1.807, 2.05) is 34.9 Å². The maximum Gasteiger partial charge on any atom is 0.321 e. The summed E-state index contributed by atoms with van der Waals surface area (Å²) in [4.78, 5) is 23.4. The first kappa shape index (κ1) is 20.4. The van der Waals surface area contributed by atoms with Gasteiger partial charge in [0.05, 0.1) is 0 Å². The second kappa shape index (κ2) is 8.89. The molecule has 1 fully saturated rings. The van der Waals surface area contributed by atoms with Gasteiger partial charge in [0.25, 0.3) is 0 Å². The monoisotopic (exact) mass is 441 g/mol. The Labute approximate surface area is 183 Å². The van der Waals surface area contributed by atoms with Gasteiger partial charge in [0.1, 0.15) is 5.82 Å². The number of urea groups is 1. The van der Waals surface area contributed by atoms with Gasteiger partial charge in [-0.1, -0.05) is 53.2 Å². The van der Waals surface area contributed by atoms with Gasteiger partial charge in [0.2, 0.25) is 5.91 Å². The van der Waals surface area contributed by atoms with Crippen molar-refractivity contribution in [3.63, 3.8) is 0 Å². The lowest BCUT2D eigenvalue weighted by Crippen LogP contribution is -2.53. The van der Waals surface area contributed by atoms with Gasteiger partial charge in [0, 0.05) is 35.3 Å². The van der Waals surface area contributed by atoms with Crippen molar-refractivity contribution in [1.82, 2.24) is 25.4 Å². The molecule has 1 atom stereocenters. The molecule has 0 aliphatic carbocycles. The number of hydrogen-bond donors (Lipinski definition) is 2. The van der Waals surface area contributed by atoms with Crippen molar-refractivity contribution in [2.45, 2.75) is 36.7 Å². The molecule has 2 aromatic carbocycles. The first-order chi connectivity index (χ1) is 14.5. The minimum atomic E-state index is -0.483. The molecule has 0 spiro atoms. The van der Waals surface area contributed by atoms with Gasteiger partial charge >= 0.3 is 6.03 Å². The van der Waals surface area contributed by atoms with Crippen LogP contribution in [0.25, 0.3) is 5.69 Å². The predicted octanol–water partition coefficient (Wildman–Crippen LogP) is 3.66. The van der Waals surface area contributed by atoms with Crippen LogP contribution >= 0.6 is 23.4 Å². The van der Waals surface area contributed by atoms with Crippen LogP contribution in [0.5, 0.6) is 0 Å². The highest BCUT2D eigenvalue weighted by atomic mass is 35.5. The minimum Gasteiger partial charge on any atom is -0.334 e. The Balaban J connectivity index is 1.62. The fourth-order valence-corrected chi connectivity index (χ4v) is 4.38. The third kappa shape index (κ3) is 4.83. The Kier molecular flexibility index (Phi) is 6.06. The summed E-state index contributed by atoms with van der Waals surface area (Å²) in [5.74, 6) is 1.12. The van der Waals surface area contributed by atoms with E-state index in [0.717, 1.165) is 16.6 Å². The lowest BCUT2D eigenvalue weighted by Gasteiger charge is -2.23. The van der Waals surface area contributed by atoms with Gasteiger partial charge in [0.15, 0.2) is 5.16 Å². The molecule has 1 saturated heterocycles. The third-order valence-corrected chi connectivity index (χ3v) is 5.94. The van der Waals surface area contributed by atoms with Crippen molar-refractivity contribution in [2.75, 3.05) is 0 Å². The molecule has 3 amide bonds. The molecule has 4 rings (SSSR count). The molecule has 2 heterocycles. The Morgan fingerprint density at radius 1 is 1.17 bits per heavy atom. The molecule has 0 bridgehead atoms. The van der Waals surface area contributed by atoms with E-state index in [1.54, 1.807) is 11.8 Å². The normalized spacial score (nSPS) is 16.3. The molecule has 0 radical (unpaired) electrons. The lowest BCUT2D eigenvalue weighted by molar-refractivity contribution is -0.121. The maximum absolute atomic E-state index is 11.7. The highest BCUT2D eigenvalue weighted by molar-refractivity contribution is 7.98. The first-order valence-corrected chi connectivity index (χ1v) is 10.8. The van der Waals surface area contributed by atoms with Gasteiger partial charge in [-0.2, -0.15) is 0 Å². The van der Waals surface area contributed by atoms with Crippen molar-refractivity contribution in [1.29, 1.82) is 0 Å². The fraction of sp³-hybridized carbons (Fsp3) is 0.238. The summed E-state index contributed by atoms with van der Waals surface area (Å²) in [5.41, 5.74) is 3.28. The number of benzene rings is 2. The Morgan fingerprint density at radius 3 is 2.70 bits per heavy atom. The summed E-state index contributed by atoms with van der Waals surface area (Å²) in [6.45, 7) is 2.07. The molecule has 3 aromatic rings. The van der Waals surface area contributed by atoms with Crippen LogP contribution < -0.4 is 10.6 Å². The van der Waals surface area contributed by atoms with Crippen LogP contribution in [0, 0.1) is 6.92 Å². The van der Waals surface area contributed by atoms with Crippen LogP contribution in [0.1, 0.15) is 23.4 Å². The molecule has 0 saturated carbocycles. The quantitative estimate of drug-likeness (QED) is 0.570. The topological polar surface area (TPSA) is 88.9 Å². The molecule has 1 aliphatic heterocycles. The van der Waals surface area contributed by atoms with E-state index in [9.17, 15) is 9.59 Å². The minimum absolute atomic E-state index is 0.199. The highest BCUT2D eigenvalue weighted by Crippen LogP contribution is 2.27. The van der Waals surface area contributed by atoms with E-state index in [1.165, 1.54) is 11.1 Å². The number of aromatic nitrogens is 3. The molecule has 154 valence electrons. The number of aryl methyl sites for hydroxylation is 1. The molecule has 30 heavy (non-hydrogen) atoms. The summed E-state index contributed by atoms with van der Waals surface area (Å²) in [6, 6.07) is 14.9. The van der Waals surface area contributed by atoms with Gasteiger partial charge in [-0.05, 0) is 36.8 Å². The number of thioether (sulfide) groups is 1. The Hall–Kier alpha value is -2.84. The van der Waals surface area contributed by atoms with Crippen LogP contribution in [0.15, 0.2) is 53.7 Å². The fourth-order valence-electron chi connectivity index (χ4n) is 3.34. The van der Waals surface area contributed by atoms with E-state index < -0.39 is 6.03 Å². The molecule has 1 unspecified atom stereocenters. The zero-order valence-corrected chi connectivity index (χ0v) is 17.8. The summed E-state index contributed by atoms with van der Waals surface area (Å²) in [5, 5.41) is 15.1. The SMILES string of the molecule is Cc1cccc(CSc2nnc(CC3CC(=O)NC(=O)N3)n2-c2ccc(Cl)cc2)c1. The lowest BCUT2D eigenvalue weighted by atomic mass is 10.1. The number of imide groups is 1. The Bertz CT molecular complexity index is 1070. The Morgan fingerprint density at radius 2 is 1.97 bits per heavy atom. The molecule has 1 aromatic heterocycles. The number of halogens is 1. The van der Waals surface area contributed by atoms with Crippen molar-refractivity contribution >= 4 is 35.3 Å². The molecule has 9 heteroatoms. The highest BCUT2D eigenvalue weighted by Gasteiger charge is 2.26. The molecule has 1 aliphatic rings. The van der Waals surface area contributed by atoms with Crippen molar-refractivity contribution in [3.05, 3.63) is 70.5 Å². The number of nitrogens with one attached hydrogen (secondary N) is 2. The molecule has 7 nitrogen and oxygen atoms in total. The molecule has 2 N–H and O–H groups in total. The van der Waals surface area contributed by atoms with E-state index in [4.69, 9.17) is 11.6 Å². The second-order valence-corrected chi connectivity index (χ2v) is 8.49. The predicted molar refractivity (Wildman–Crippen MR) is 116 cm³/mol. The third-order valence-electron chi connectivity index (χ3n) is 4.68. The second-order valence-electron chi connectivity index (χ2n) is 7.12. The van der Waals surface area contributed by atoms with Crippen LogP contribution in [-0.2, 0) is 17.0 Å². The smallest absolute Gasteiger partial charge is 0.321 e. The van der Waals surface area contributed by atoms with Crippen molar-refractivity contribution in [3.8, 4) is 5.69 Å². The standard InChI is InChI=1S/C21H20ClN5O2S/c1-13-3-2-4-14(9-13)12-30-21-26-25-18(10-16-11-19(28)24-20(29)23-16)27(21)17-7-5-15(22)6-8-17/h2-9,16H,10-12H2,1H3,(H2,23,24,28,29). The maximum atomic E-state index is 11.7. The van der Waals surface area contributed by atoms with E-state index >= 15 is 0 Å². The summed E-state index contributed by atoms with van der Waals surface area (Å²) < 4.78 is 1.95. The summed E-state index contributed by atoms with van der Waals surface area (Å²) in [7, 11) is 0. The molecular formula is C21H20ClN5O2S. The first-order valence-electron chi connectivity index (χ1n) is 9.47. The average molecular weight is 442 g/mol. The zero-order chi connectivity index (χ0) is 21.1. The number of rotatable bonds is 6. The van der Waals surface area contributed by atoms with Crippen LogP contribution in [0.2, 0.25) is 5.02 Å². The van der Waals surface area contributed by atoms with Gasteiger partial charge in [-0.15, -0.1) is 10.2 Å². The number of carbonyl (C=O) groups excluding carboxylic acids is 2. The van der Waals surface area contributed by atoms with Crippen LogP contribution in [0.3, 0.4) is 0 Å². The van der Waals surface area contributed by atoms with Crippen molar-refractivity contribution in [2.24, 2.45) is 0 Å². The van der Waals surface area contributed by atoms with Crippen LogP contribution in [-0.4, -0.2) is 32.7 Å². The van der Waals surface area contributed by atoms with Gasteiger partial charge in [-0.25, -0.2) is 4.79 Å². The summed E-state index contributed by atoms with van der Waals surface area (Å²) >= 11 is 7.64. The van der Waals surface area contributed by atoms with Crippen molar-refractivity contribution < 1.29 is 9.59 Å². The average Bonchev–Trinajstić information content (AvgIpc) is 3.09. The number of hydrogen-bond acceptors (Lipinski definition) is 5.